The Morgan fingerprint density at radius 1 is 1.39 bits per heavy atom. The van der Waals surface area contributed by atoms with E-state index in [0.29, 0.717) is 10.7 Å². The van der Waals surface area contributed by atoms with Crippen molar-refractivity contribution in [3.05, 3.63) is 46.3 Å². The predicted octanol–water partition coefficient (Wildman–Crippen LogP) is 2.58. The van der Waals surface area contributed by atoms with Crippen LogP contribution in [-0.4, -0.2) is 16.0 Å². The lowest BCUT2D eigenvalue weighted by Gasteiger charge is -2.07. The van der Waals surface area contributed by atoms with Gasteiger partial charge in [-0.3, -0.25) is 10.1 Å². The molecule has 6 heteroatoms. The van der Waals surface area contributed by atoms with Crippen LogP contribution in [0.1, 0.15) is 15.2 Å². The van der Waals surface area contributed by atoms with E-state index in [1.54, 1.807) is 18.3 Å². The highest BCUT2D eigenvalue weighted by atomic mass is 32.1. The van der Waals surface area contributed by atoms with Gasteiger partial charge >= 0.3 is 0 Å². The fourth-order valence-corrected chi connectivity index (χ4v) is 2.08. The number of carbonyl (C=O) groups excluding carboxylic acids is 1. The average Bonchev–Trinajstić information content (AvgIpc) is 2.85. The number of pyridine rings is 1. The van der Waals surface area contributed by atoms with Gasteiger partial charge in [-0.1, -0.05) is 12.1 Å². The molecule has 2 rings (SSSR count). The van der Waals surface area contributed by atoms with Crippen molar-refractivity contribution in [1.29, 1.82) is 0 Å². The Balaban J connectivity index is 1.93. The van der Waals surface area contributed by atoms with Crippen molar-refractivity contribution in [2.24, 2.45) is 0 Å². The Labute approximate surface area is 114 Å². The summed E-state index contributed by atoms with van der Waals surface area (Å²) in [5.74, 6) is 0.395. The van der Waals surface area contributed by atoms with Crippen molar-refractivity contribution < 1.29 is 4.79 Å². The Morgan fingerprint density at radius 3 is 2.83 bits per heavy atom. The van der Waals surface area contributed by atoms with Crippen LogP contribution in [0.2, 0.25) is 0 Å². The van der Waals surface area contributed by atoms with Gasteiger partial charge < -0.3 is 5.32 Å². The highest BCUT2D eigenvalue weighted by Gasteiger charge is 2.08. The molecular formula is C12H11N3OS2. The number of anilines is 1. The molecule has 0 spiro atoms. The average molecular weight is 277 g/mol. The molecule has 0 aliphatic heterocycles. The lowest BCUT2D eigenvalue weighted by Crippen LogP contribution is -2.33. The summed E-state index contributed by atoms with van der Waals surface area (Å²) in [6.07, 6.45) is 1.73. The van der Waals surface area contributed by atoms with Gasteiger partial charge in [-0.15, -0.1) is 11.3 Å². The molecule has 0 unspecified atom stereocenters. The number of hydrogen-bond donors (Lipinski definition) is 2. The van der Waals surface area contributed by atoms with Crippen molar-refractivity contribution in [3.63, 3.8) is 0 Å². The molecule has 0 aliphatic rings. The van der Waals surface area contributed by atoms with Crippen LogP contribution in [0.25, 0.3) is 0 Å². The quantitative estimate of drug-likeness (QED) is 0.828. The number of hydrogen-bond acceptors (Lipinski definition) is 4. The minimum Gasteiger partial charge on any atom is -0.317 e. The number of thiophene rings is 1. The molecule has 4 nitrogen and oxygen atoms in total. The van der Waals surface area contributed by atoms with E-state index >= 15 is 0 Å². The molecular weight excluding hydrogens is 266 g/mol. The maximum atomic E-state index is 11.7. The number of amides is 1. The van der Waals surface area contributed by atoms with Gasteiger partial charge in [-0.2, -0.15) is 0 Å². The summed E-state index contributed by atoms with van der Waals surface area (Å²) in [5, 5.41) is 7.53. The van der Waals surface area contributed by atoms with Gasteiger partial charge in [0.2, 0.25) is 0 Å². The zero-order chi connectivity index (χ0) is 13.0. The van der Waals surface area contributed by atoms with Gasteiger partial charge in [-0.05, 0) is 42.2 Å². The van der Waals surface area contributed by atoms with Crippen LogP contribution in [-0.2, 0) is 0 Å². The maximum absolute atomic E-state index is 11.7. The minimum absolute atomic E-state index is 0.213. The van der Waals surface area contributed by atoms with Gasteiger partial charge in [0.05, 0.1) is 4.88 Å². The second kappa shape index (κ2) is 5.70. The van der Waals surface area contributed by atoms with Crippen LogP contribution >= 0.6 is 23.6 Å². The van der Waals surface area contributed by atoms with Crippen LogP contribution < -0.4 is 10.6 Å². The number of aromatic nitrogens is 1. The third kappa shape index (κ3) is 3.35. The molecule has 0 aliphatic carbocycles. The number of aryl methyl sites for hydroxylation is 1. The Morgan fingerprint density at radius 2 is 2.22 bits per heavy atom. The van der Waals surface area contributed by atoms with E-state index in [0.717, 1.165) is 5.56 Å². The molecule has 0 saturated carbocycles. The molecule has 0 saturated heterocycles. The molecule has 2 N–H and O–H groups in total. The van der Waals surface area contributed by atoms with Gasteiger partial charge in [0.1, 0.15) is 5.82 Å². The summed E-state index contributed by atoms with van der Waals surface area (Å²) < 4.78 is 0. The van der Waals surface area contributed by atoms with E-state index in [2.05, 4.69) is 15.6 Å². The highest BCUT2D eigenvalue weighted by Crippen LogP contribution is 2.08. The number of nitrogens with zero attached hydrogens (tertiary/aromatic N) is 1. The van der Waals surface area contributed by atoms with Crippen LogP contribution in [0, 0.1) is 6.92 Å². The molecule has 0 fully saturated rings. The van der Waals surface area contributed by atoms with Crippen LogP contribution in [0.15, 0.2) is 35.8 Å². The van der Waals surface area contributed by atoms with E-state index in [1.165, 1.54) is 11.3 Å². The summed E-state index contributed by atoms with van der Waals surface area (Å²) >= 11 is 6.41. The van der Waals surface area contributed by atoms with E-state index in [4.69, 9.17) is 12.2 Å². The lowest BCUT2D eigenvalue weighted by atomic mass is 10.3. The van der Waals surface area contributed by atoms with E-state index in [1.807, 2.05) is 24.4 Å². The summed E-state index contributed by atoms with van der Waals surface area (Å²) in [4.78, 5) is 16.5. The van der Waals surface area contributed by atoms with Crippen molar-refractivity contribution in [2.45, 2.75) is 6.92 Å². The zero-order valence-corrected chi connectivity index (χ0v) is 11.3. The van der Waals surface area contributed by atoms with E-state index in [9.17, 15) is 4.79 Å². The van der Waals surface area contributed by atoms with Crippen LogP contribution in [0.3, 0.4) is 0 Å². The molecule has 0 bridgehead atoms. The molecule has 2 aromatic heterocycles. The largest absolute Gasteiger partial charge is 0.317 e. The normalized spacial score (nSPS) is 9.83. The van der Waals surface area contributed by atoms with Crippen molar-refractivity contribution in [3.8, 4) is 0 Å². The minimum atomic E-state index is -0.213. The molecule has 0 aromatic carbocycles. The van der Waals surface area contributed by atoms with Crippen molar-refractivity contribution in [1.82, 2.24) is 10.3 Å². The van der Waals surface area contributed by atoms with Gasteiger partial charge in [-0.25, -0.2) is 4.98 Å². The Hall–Kier alpha value is -1.79. The third-order valence-corrected chi connectivity index (χ3v) is 3.20. The zero-order valence-electron chi connectivity index (χ0n) is 9.64. The first-order chi connectivity index (χ1) is 8.65. The lowest BCUT2D eigenvalue weighted by molar-refractivity contribution is 0.0981. The van der Waals surface area contributed by atoms with Gasteiger partial charge in [0.25, 0.3) is 5.91 Å². The molecule has 0 radical (unpaired) electrons. The smallest absolute Gasteiger partial charge is 0.267 e. The van der Waals surface area contributed by atoms with Gasteiger partial charge in [0, 0.05) is 6.20 Å². The number of rotatable bonds is 2. The fourth-order valence-electron chi connectivity index (χ4n) is 1.26. The standard InChI is InChI=1S/C12H11N3OS2/c1-8-4-5-10(13-7-8)14-12(17)15-11(16)9-3-2-6-18-9/h2-7H,1H3,(H2,13,14,15,16,17). The second-order valence-corrected chi connectivity index (χ2v) is 4.96. The molecule has 2 aromatic rings. The molecule has 1 amide bonds. The summed E-state index contributed by atoms with van der Waals surface area (Å²) in [6.45, 7) is 1.95. The molecule has 0 atom stereocenters. The number of nitrogens with one attached hydrogen (secondary N) is 2. The first kappa shape index (κ1) is 12.7. The van der Waals surface area contributed by atoms with Crippen molar-refractivity contribution >= 4 is 40.4 Å². The first-order valence-electron chi connectivity index (χ1n) is 5.23. The Bertz CT molecular complexity index is 549. The summed E-state index contributed by atoms with van der Waals surface area (Å²) in [6, 6.07) is 7.28. The molecule has 2 heterocycles. The monoisotopic (exact) mass is 277 g/mol. The second-order valence-electron chi connectivity index (χ2n) is 3.61. The molecule has 18 heavy (non-hydrogen) atoms. The molecule has 92 valence electrons. The van der Waals surface area contributed by atoms with E-state index in [-0.39, 0.29) is 11.0 Å². The van der Waals surface area contributed by atoms with Crippen LogP contribution in [0.4, 0.5) is 5.82 Å². The van der Waals surface area contributed by atoms with Gasteiger partial charge in [0.15, 0.2) is 5.11 Å². The summed E-state index contributed by atoms with van der Waals surface area (Å²) in [5.41, 5.74) is 1.06. The number of thiocarbonyl (C=S) groups is 1. The predicted molar refractivity (Wildman–Crippen MR) is 77.0 cm³/mol. The fraction of sp³-hybridized carbons (Fsp3) is 0.0833. The first-order valence-corrected chi connectivity index (χ1v) is 6.52. The van der Waals surface area contributed by atoms with Crippen LogP contribution in [0.5, 0.6) is 0 Å². The van der Waals surface area contributed by atoms with Crippen molar-refractivity contribution in [2.75, 3.05) is 5.32 Å². The van der Waals surface area contributed by atoms with E-state index < -0.39 is 0 Å². The maximum Gasteiger partial charge on any atom is 0.267 e. The third-order valence-electron chi connectivity index (χ3n) is 2.12. The highest BCUT2D eigenvalue weighted by molar-refractivity contribution is 7.80. The summed E-state index contributed by atoms with van der Waals surface area (Å²) in [7, 11) is 0. The Kier molecular flexibility index (Phi) is 4.01. The topological polar surface area (TPSA) is 54.0 Å². The number of carbonyl (C=O) groups is 1. The SMILES string of the molecule is Cc1ccc(NC(=S)NC(=O)c2cccs2)nc1.